The minimum atomic E-state index is -0.723. The first-order chi connectivity index (χ1) is 9.78. The van der Waals surface area contributed by atoms with Gasteiger partial charge in [-0.3, -0.25) is 4.98 Å². The van der Waals surface area contributed by atoms with Crippen molar-refractivity contribution in [2.45, 2.75) is 18.9 Å². The molecule has 0 radical (unpaired) electrons. The summed E-state index contributed by atoms with van der Waals surface area (Å²) in [4.78, 5) is 4.31. The second kappa shape index (κ2) is 7.62. The number of pyridine rings is 1. The fraction of sp³-hybridized carbons (Fsp3) is 0.312. The number of aliphatic hydroxyl groups is 2. The number of nitrogens with zero attached hydrogens (tertiary/aromatic N) is 1. The van der Waals surface area contributed by atoms with Gasteiger partial charge in [0.2, 0.25) is 0 Å². The van der Waals surface area contributed by atoms with Crippen LogP contribution in [0.2, 0.25) is 0 Å². The molecule has 1 unspecified atom stereocenters. The number of aryl methyl sites for hydroxylation is 2. The first-order valence-corrected chi connectivity index (χ1v) is 6.79. The standard InChI is InChI=1S/C16H20N2O2/c19-12-16(20)11-18-15-8-5-13(6-9-15)4-7-14-3-1-2-10-17-14/h1-3,5-6,8-10,16,18-20H,4,7,11-12H2. The molecule has 0 aliphatic rings. The van der Waals surface area contributed by atoms with Gasteiger partial charge in [0.15, 0.2) is 0 Å². The monoisotopic (exact) mass is 272 g/mol. The summed E-state index contributed by atoms with van der Waals surface area (Å²) >= 11 is 0. The highest BCUT2D eigenvalue weighted by Gasteiger charge is 2.01. The molecule has 0 fully saturated rings. The van der Waals surface area contributed by atoms with Crippen LogP contribution in [0.1, 0.15) is 11.3 Å². The molecular formula is C16H20N2O2. The van der Waals surface area contributed by atoms with Gasteiger partial charge in [-0.05, 0) is 42.7 Å². The van der Waals surface area contributed by atoms with Gasteiger partial charge in [0.05, 0.1) is 12.7 Å². The highest BCUT2D eigenvalue weighted by Crippen LogP contribution is 2.11. The van der Waals surface area contributed by atoms with Crippen LogP contribution in [-0.2, 0) is 12.8 Å². The first-order valence-electron chi connectivity index (χ1n) is 6.79. The topological polar surface area (TPSA) is 65.4 Å². The zero-order valence-corrected chi connectivity index (χ0v) is 11.4. The van der Waals surface area contributed by atoms with Crippen molar-refractivity contribution < 1.29 is 10.2 Å². The third-order valence-corrected chi connectivity index (χ3v) is 3.10. The van der Waals surface area contributed by atoms with E-state index in [1.54, 1.807) is 0 Å². The predicted octanol–water partition coefficient (Wildman–Crippen LogP) is 1.63. The van der Waals surface area contributed by atoms with Crippen LogP contribution in [0, 0.1) is 0 Å². The Bertz CT molecular complexity index is 500. The largest absolute Gasteiger partial charge is 0.394 e. The van der Waals surface area contributed by atoms with Crippen molar-refractivity contribution in [1.29, 1.82) is 0 Å². The first kappa shape index (κ1) is 14.5. The quantitative estimate of drug-likeness (QED) is 0.717. The number of aromatic nitrogens is 1. The molecule has 1 aromatic carbocycles. The Balaban J connectivity index is 1.82. The average molecular weight is 272 g/mol. The summed E-state index contributed by atoms with van der Waals surface area (Å²) in [6, 6.07) is 14.1. The molecule has 0 saturated heterocycles. The Morgan fingerprint density at radius 1 is 1.05 bits per heavy atom. The fourth-order valence-electron chi connectivity index (χ4n) is 1.91. The maximum absolute atomic E-state index is 9.26. The lowest BCUT2D eigenvalue weighted by atomic mass is 10.1. The van der Waals surface area contributed by atoms with Crippen molar-refractivity contribution in [3.05, 3.63) is 59.9 Å². The van der Waals surface area contributed by atoms with E-state index >= 15 is 0 Å². The Morgan fingerprint density at radius 3 is 2.50 bits per heavy atom. The van der Waals surface area contributed by atoms with E-state index in [1.807, 2.05) is 36.5 Å². The number of nitrogens with one attached hydrogen (secondary N) is 1. The zero-order valence-electron chi connectivity index (χ0n) is 11.4. The summed E-state index contributed by atoms with van der Waals surface area (Å²) in [7, 11) is 0. The van der Waals surface area contributed by atoms with Crippen LogP contribution < -0.4 is 5.32 Å². The van der Waals surface area contributed by atoms with E-state index in [4.69, 9.17) is 5.11 Å². The minimum Gasteiger partial charge on any atom is -0.394 e. The van der Waals surface area contributed by atoms with Crippen LogP contribution in [0.5, 0.6) is 0 Å². The molecule has 0 aliphatic carbocycles. The number of hydrogen-bond acceptors (Lipinski definition) is 4. The average Bonchev–Trinajstić information content (AvgIpc) is 2.52. The SMILES string of the molecule is OCC(O)CNc1ccc(CCc2ccccn2)cc1. The normalized spacial score (nSPS) is 12.1. The summed E-state index contributed by atoms with van der Waals surface area (Å²) in [6.07, 6.45) is 2.97. The van der Waals surface area contributed by atoms with Gasteiger partial charge < -0.3 is 15.5 Å². The molecule has 1 aromatic heterocycles. The van der Waals surface area contributed by atoms with Gasteiger partial charge >= 0.3 is 0 Å². The Morgan fingerprint density at radius 2 is 1.85 bits per heavy atom. The van der Waals surface area contributed by atoms with E-state index in [0.29, 0.717) is 6.54 Å². The van der Waals surface area contributed by atoms with Crippen molar-refractivity contribution in [3.8, 4) is 0 Å². The van der Waals surface area contributed by atoms with Gasteiger partial charge in [-0.25, -0.2) is 0 Å². The molecule has 2 aromatic rings. The maximum Gasteiger partial charge on any atom is 0.0942 e. The molecule has 0 spiro atoms. The van der Waals surface area contributed by atoms with Crippen LogP contribution >= 0.6 is 0 Å². The summed E-state index contributed by atoms with van der Waals surface area (Å²) < 4.78 is 0. The van der Waals surface area contributed by atoms with Crippen molar-refractivity contribution in [2.75, 3.05) is 18.5 Å². The van der Waals surface area contributed by atoms with Gasteiger partial charge in [0.1, 0.15) is 0 Å². The highest BCUT2D eigenvalue weighted by molar-refractivity contribution is 5.44. The zero-order chi connectivity index (χ0) is 14.2. The van der Waals surface area contributed by atoms with Crippen molar-refractivity contribution in [3.63, 3.8) is 0 Å². The summed E-state index contributed by atoms with van der Waals surface area (Å²) in [6.45, 7) is 0.124. The second-order valence-electron chi connectivity index (χ2n) is 4.74. The molecule has 3 N–H and O–H groups in total. The molecule has 2 rings (SSSR count). The van der Waals surface area contributed by atoms with E-state index < -0.39 is 6.10 Å². The predicted molar refractivity (Wildman–Crippen MR) is 79.7 cm³/mol. The van der Waals surface area contributed by atoms with Crippen LogP contribution in [-0.4, -0.2) is 34.5 Å². The number of benzene rings is 1. The number of anilines is 1. The minimum absolute atomic E-state index is 0.227. The molecule has 0 bridgehead atoms. The molecule has 4 heteroatoms. The van der Waals surface area contributed by atoms with Crippen LogP contribution in [0.25, 0.3) is 0 Å². The molecule has 1 atom stereocenters. The molecule has 4 nitrogen and oxygen atoms in total. The molecular weight excluding hydrogens is 252 g/mol. The lowest BCUT2D eigenvalue weighted by Crippen LogP contribution is -2.22. The molecule has 0 saturated carbocycles. The van der Waals surface area contributed by atoms with Gasteiger partial charge in [0.25, 0.3) is 0 Å². The summed E-state index contributed by atoms with van der Waals surface area (Å²) in [5.74, 6) is 0. The maximum atomic E-state index is 9.26. The molecule has 20 heavy (non-hydrogen) atoms. The number of hydrogen-bond donors (Lipinski definition) is 3. The Hall–Kier alpha value is -1.91. The third kappa shape index (κ3) is 4.64. The summed E-state index contributed by atoms with van der Waals surface area (Å²) in [5.41, 5.74) is 3.30. The van der Waals surface area contributed by atoms with Crippen molar-refractivity contribution in [1.82, 2.24) is 4.98 Å². The lowest BCUT2D eigenvalue weighted by Gasteiger charge is -2.10. The van der Waals surface area contributed by atoms with Crippen LogP contribution in [0.4, 0.5) is 5.69 Å². The molecule has 0 aliphatic heterocycles. The number of aliphatic hydroxyl groups excluding tert-OH is 2. The van der Waals surface area contributed by atoms with Crippen LogP contribution in [0.15, 0.2) is 48.7 Å². The molecule has 1 heterocycles. The van der Waals surface area contributed by atoms with Gasteiger partial charge in [-0.1, -0.05) is 18.2 Å². The summed E-state index contributed by atoms with van der Waals surface area (Å²) in [5, 5.41) is 21.1. The van der Waals surface area contributed by atoms with Crippen LogP contribution in [0.3, 0.4) is 0 Å². The highest BCUT2D eigenvalue weighted by atomic mass is 16.3. The second-order valence-corrected chi connectivity index (χ2v) is 4.74. The third-order valence-electron chi connectivity index (χ3n) is 3.10. The van der Waals surface area contributed by atoms with Gasteiger partial charge in [-0.2, -0.15) is 0 Å². The van der Waals surface area contributed by atoms with Crippen molar-refractivity contribution in [2.24, 2.45) is 0 Å². The van der Waals surface area contributed by atoms with Gasteiger partial charge in [0, 0.05) is 24.1 Å². The Labute approximate surface area is 119 Å². The Kier molecular flexibility index (Phi) is 5.53. The van der Waals surface area contributed by atoms with Gasteiger partial charge in [-0.15, -0.1) is 0 Å². The van der Waals surface area contributed by atoms with E-state index in [0.717, 1.165) is 24.2 Å². The molecule has 106 valence electrons. The van der Waals surface area contributed by atoms with E-state index in [2.05, 4.69) is 22.4 Å². The fourth-order valence-corrected chi connectivity index (χ4v) is 1.91. The lowest BCUT2D eigenvalue weighted by molar-refractivity contribution is 0.105. The van der Waals surface area contributed by atoms with E-state index in [9.17, 15) is 5.11 Å². The number of rotatable bonds is 7. The van der Waals surface area contributed by atoms with E-state index in [-0.39, 0.29) is 6.61 Å². The smallest absolute Gasteiger partial charge is 0.0942 e. The molecule has 0 amide bonds. The van der Waals surface area contributed by atoms with Crippen molar-refractivity contribution >= 4 is 5.69 Å². The van der Waals surface area contributed by atoms with E-state index in [1.165, 1.54) is 5.56 Å².